The maximum atomic E-state index is 13.5. The molecular weight excluding hydrogens is 295 g/mol. The van der Waals surface area contributed by atoms with Crippen molar-refractivity contribution in [3.63, 3.8) is 0 Å². The van der Waals surface area contributed by atoms with Gasteiger partial charge in [0.05, 0.1) is 17.6 Å². The molecule has 2 atom stereocenters. The van der Waals surface area contributed by atoms with E-state index in [1.807, 2.05) is 13.8 Å². The first-order valence-electron chi connectivity index (χ1n) is 7.02. The second kappa shape index (κ2) is 6.39. The van der Waals surface area contributed by atoms with E-state index in [2.05, 4.69) is 0 Å². The Morgan fingerprint density at radius 1 is 1.48 bits per heavy atom. The Morgan fingerprint density at radius 3 is 2.81 bits per heavy atom. The zero-order valence-electron chi connectivity index (χ0n) is 12.3. The van der Waals surface area contributed by atoms with E-state index in [1.165, 1.54) is 16.4 Å². The first-order chi connectivity index (χ1) is 9.90. The molecule has 0 spiro atoms. The van der Waals surface area contributed by atoms with E-state index >= 15 is 0 Å². The Balaban J connectivity index is 2.47. The molecule has 0 amide bonds. The first-order valence-corrected chi connectivity index (χ1v) is 8.46. The van der Waals surface area contributed by atoms with Crippen molar-refractivity contribution in [3.05, 3.63) is 29.6 Å². The molecule has 118 valence electrons. The number of ether oxygens (including phenoxy) is 1. The number of sulfonamides is 1. The molecular formula is C14H21FN2O3S. The fourth-order valence-corrected chi connectivity index (χ4v) is 4.50. The zero-order valence-corrected chi connectivity index (χ0v) is 13.1. The number of morpholine rings is 1. The molecule has 1 aliphatic rings. The number of hydrogen-bond donors (Lipinski definition) is 1. The van der Waals surface area contributed by atoms with Gasteiger partial charge in [-0.1, -0.05) is 13.0 Å². The summed E-state index contributed by atoms with van der Waals surface area (Å²) in [7, 11) is -3.79. The average Bonchev–Trinajstić information content (AvgIpc) is 2.47. The minimum absolute atomic E-state index is 0.0439. The molecule has 0 bridgehead atoms. The third kappa shape index (κ3) is 3.26. The zero-order chi connectivity index (χ0) is 15.6. The van der Waals surface area contributed by atoms with Crippen LogP contribution in [0, 0.1) is 5.82 Å². The molecule has 2 N–H and O–H groups in total. The van der Waals surface area contributed by atoms with Gasteiger partial charge < -0.3 is 10.5 Å². The van der Waals surface area contributed by atoms with Gasteiger partial charge in [-0.3, -0.25) is 0 Å². The first kappa shape index (κ1) is 16.4. The van der Waals surface area contributed by atoms with E-state index in [0.717, 1.165) is 6.07 Å². The summed E-state index contributed by atoms with van der Waals surface area (Å²) in [5.74, 6) is -0.583. The summed E-state index contributed by atoms with van der Waals surface area (Å²) < 4.78 is 46.2. The van der Waals surface area contributed by atoms with Crippen LogP contribution in [0.2, 0.25) is 0 Å². The predicted molar refractivity (Wildman–Crippen MR) is 77.7 cm³/mol. The molecule has 5 nitrogen and oxygen atoms in total. The van der Waals surface area contributed by atoms with Gasteiger partial charge in [0.1, 0.15) is 5.82 Å². The highest BCUT2D eigenvalue weighted by molar-refractivity contribution is 7.89. The summed E-state index contributed by atoms with van der Waals surface area (Å²) in [6.07, 6.45) is 0.455. The van der Waals surface area contributed by atoms with Gasteiger partial charge in [-0.15, -0.1) is 0 Å². The lowest BCUT2D eigenvalue weighted by Crippen LogP contribution is -2.51. The van der Waals surface area contributed by atoms with Crippen LogP contribution in [0.5, 0.6) is 0 Å². The van der Waals surface area contributed by atoms with Gasteiger partial charge in [-0.05, 0) is 31.0 Å². The average molecular weight is 316 g/mol. The highest BCUT2D eigenvalue weighted by Gasteiger charge is 2.36. The van der Waals surface area contributed by atoms with E-state index in [0.29, 0.717) is 18.6 Å². The molecule has 2 rings (SSSR count). The minimum Gasteiger partial charge on any atom is -0.375 e. The molecule has 2 unspecified atom stereocenters. The van der Waals surface area contributed by atoms with E-state index in [9.17, 15) is 12.8 Å². The topological polar surface area (TPSA) is 72.6 Å². The van der Waals surface area contributed by atoms with Gasteiger partial charge in [0, 0.05) is 19.1 Å². The lowest BCUT2D eigenvalue weighted by Gasteiger charge is -2.37. The second-order valence-electron chi connectivity index (χ2n) is 5.24. The van der Waals surface area contributed by atoms with Crippen LogP contribution in [0.4, 0.5) is 4.39 Å². The fourth-order valence-electron chi connectivity index (χ4n) is 2.49. The maximum Gasteiger partial charge on any atom is 0.243 e. The fraction of sp³-hybridized carbons (Fsp3) is 0.571. The van der Waals surface area contributed by atoms with Crippen molar-refractivity contribution >= 4 is 10.0 Å². The molecule has 0 aromatic heterocycles. The van der Waals surface area contributed by atoms with Crippen molar-refractivity contribution < 1.29 is 17.5 Å². The molecule has 21 heavy (non-hydrogen) atoms. The molecule has 1 heterocycles. The van der Waals surface area contributed by atoms with Crippen molar-refractivity contribution in [2.75, 3.05) is 13.2 Å². The SMILES string of the molecule is CCC1COC(C)CN1S(=O)(=O)c1cc(F)ccc1CN. The molecule has 1 fully saturated rings. The standard InChI is InChI=1S/C14H21FN2O3S/c1-3-13-9-20-10(2)8-17(13)21(18,19)14-6-12(15)5-4-11(14)7-16/h4-6,10,13H,3,7-9,16H2,1-2H3. The monoisotopic (exact) mass is 316 g/mol. The van der Waals surface area contributed by atoms with Crippen LogP contribution in [-0.4, -0.2) is 38.0 Å². The van der Waals surface area contributed by atoms with Crippen molar-refractivity contribution in [1.29, 1.82) is 0 Å². The molecule has 1 saturated heterocycles. The Kier molecular flexibility index (Phi) is 4.98. The Labute approximate surface area is 124 Å². The summed E-state index contributed by atoms with van der Waals surface area (Å²) in [5, 5.41) is 0. The summed E-state index contributed by atoms with van der Waals surface area (Å²) in [5.41, 5.74) is 6.01. The van der Waals surface area contributed by atoms with Crippen molar-refractivity contribution in [3.8, 4) is 0 Å². The predicted octanol–water partition coefficient (Wildman–Crippen LogP) is 1.47. The van der Waals surface area contributed by atoms with Crippen LogP contribution in [0.25, 0.3) is 0 Å². The van der Waals surface area contributed by atoms with Crippen LogP contribution in [-0.2, 0) is 21.3 Å². The summed E-state index contributed by atoms with van der Waals surface area (Å²) >= 11 is 0. The van der Waals surface area contributed by atoms with Gasteiger partial charge in [0.2, 0.25) is 10.0 Å². The van der Waals surface area contributed by atoms with Gasteiger partial charge >= 0.3 is 0 Å². The highest BCUT2D eigenvalue weighted by atomic mass is 32.2. The summed E-state index contributed by atoms with van der Waals surface area (Å²) in [6.45, 7) is 4.39. The molecule has 0 saturated carbocycles. The lowest BCUT2D eigenvalue weighted by atomic mass is 10.2. The molecule has 7 heteroatoms. The number of halogens is 1. The van der Waals surface area contributed by atoms with Crippen LogP contribution >= 0.6 is 0 Å². The normalized spacial score (nSPS) is 24.2. The van der Waals surface area contributed by atoms with E-state index in [-0.39, 0.29) is 30.1 Å². The Hall–Kier alpha value is -1.02. The van der Waals surface area contributed by atoms with Gasteiger partial charge in [0.25, 0.3) is 0 Å². The van der Waals surface area contributed by atoms with E-state index < -0.39 is 15.8 Å². The Morgan fingerprint density at radius 2 is 2.19 bits per heavy atom. The van der Waals surface area contributed by atoms with Crippen LogP contribution in [0.15, 0.2) is 23.1 Å². The molecule has 1 aromatic carbocycles. The van der Waals surface area contributed by atoms with Gasteiger partial charge in [-0.25, -0.2) is 12.8 Å². The van der Waals surface area contributed by atoms with E-state index in [4.69, 9.17) is 10.5 Å². The molecule has 1 aliphatic heterocycles. The maximum absolute atomic E-state index is 13.5. The number of nitrogens with two attached hydrogens (primary N) is 1. The smallest absolute Gasteiger partial charge is 0.243 e. The third-order valence-electron chi connectivity index (χ3n) is 3.72. The van der Waals surface area contributed by atoms with Crippen molar-refractivity contribution in [2.24, 2.45) is 5.73 Å². The number of hydrogen-bond acceptors (Lipinski definition) is 4. The van der Waals surface area contributed by atoms with Crippen LogP contribution in [0.3, 0.4) is 0 Å². The van der Waals surface area contributed by atoms with Crippen LogP contribution in [0.1, 0.15) is 25.8 Å². The number of rotatable bonds is 4. The number of nitrogens with zero attached hydrogens (tertiary/aromatic N) is 1. The van der Waals surface area contributed by atoms with Crippen molar-refractivity contribution in [2.45, 2.75) is 43.9 Å². The molecule has 0 radical (unpaired) electrons. The quantitative estimate of drug-likeness (QED) is 0.913. The molecule has 1 aromatic rings. The third-order valence-corrected chi connectivity index (χ3v) is 5.72. The summed E-state index contributed by atoms with van der Waals surface area (Å²) in [4.78, 5) is -0.0439. The second-order valence-corrected chi connectivity index (χ2v) is 7.10. The van der Waals surface area contributed by atoms with Gasteiger partial charge in [0.15, 0.2) is 0 Å². The largest absolute Gasteiger partial charge is 0.375 e. The highest BCUT2D eigenvalue weighted by Crippen LogP contribution is 2.27. The van der Waals surface area contributed by atoms with Crippen LogP contribution < -0.4 is 5.73 Å². The minimum atomic E-state index is -3.79. The van der Waals surface area contributed by atoms with Gasteiger partial charge in [-0.2, -0.15) is 4.31 Å². The van der Waals surface area contributed by atoms with E-state index in [1.54, 1.807) is 0 Å². The summed E-state index contributed by atoms with van der Waals surface area (Å²) in [6, 6.07) is 3.46. The molecule has 0 aliphatic carbocycles. The van der Waals surface area contributed by atoms with Crippen molar-refractivity contribution in [1.82, 2.24) is 4.31 Å². The number of benzene rings is 1. The Bertz CT molecular complexity index is 606. The lowest BCUT2D eigenvalue weighted by molar-refractivity contribution is -0.0230.